The molecule has 100 valence electrons. The molecule has 3 nitrogen and oxygen atoms in total. The van der Waals surface area contributed by atoms with E-state index in [1.54, 1.807) is 0 Å². The van der Waals surface area contributed by atoms with Crippen LogP contribution in [0.15, 0.2) is 36.9 Å². The van der Waals surface area contributed by atoms with E-state index in [2.05, 4.69) is 43.9 Å². The maximum atomic E-state index is 4.69. The lowest BCUT2D eigenvalue weighted by Gasteiger charge is -2.10. The lowest BCUT2D eigenvalue weighted by Crippen LogP contribution is -2.07. The average molecular weight is 255 g/mol. The van der Waals surface area contributed by atoms with Gasteiger partial charge in [0.05, 0.1) is 17.1 Å². The molecule has 1 N–H and O–H groups in total. The molecule has 3 heteroatoms. The van der Waals surface area contributed by atoms with Gasteiger partial charge in [0.2, 0.25) is 0 Å². The predicted molar refractivity (Wildman–Crippen MR) is 80.4 cm³/mol. The number of hydrogen-bond acceptors (Lipinski definition) is 2. The Morgan fingerprint density at radius 3 is 2.74 bits per heavy atom. The van der Waals surface area contributed by atoms with Gasteiger partial charge in [0.25, 0.3) is 0 Å². The molecule has 0 saturated heterocycles. The number of rotatable bonds is 5. The first-order valence-electron chi connectivity index (χ1n) is 6.65. The SMILES string of the molecule is C=C(CC)c1cc(CNC)nn1-c1ccccc1C. The lowest BCUT2D eigenvalue weighted by molar-refractivity contribution is 0.753. The minimum absolute atomic E-state index is 0.767. The second-order valence-electron chi connectivity index (χ2n) is 4.71. The van der Waals surface area contributed by atoms with E-state index in [0.717, 1.165) is 35.6 Å². The summed E-state index contributed by atoms with van der Waals surface area (Å²) in [5, 5.41) is 7.84. The molecule has 0 aliphatic heterocycles. The first kappa shape index (κ1) is 13.6. The van der Waals surface area contributed by atoms with Crippen LogP contribution < -0.4 is 5.32 Å². The van der Waals surface area contributed by atoms with Crippen LogP contribution in [0.5, 0.6) is 0 Å². The fourth-order valence-electron chi connectivity index (χ4n) is 2.12. The maximum absolute atomic E-state index is 4.69. The number of nitrogens with zero attached hydrogens (tertiary/aromatic N) is 2. The Labute approximate surface area is 115 Å². The number of benzene rings is 1. The van der Waals surface area contributed by atoms with Crippen LogP contribution in [0.2, 0.25) is 0 Å². The zero-order valence-corrected chi connectivity index (χ0v) is 11.9. The molecular weight excluding hydrogens is 234 g/mol. The van der Waals surface area contributed by atoms with Crippen LogP contribution in [0.1, 0.15) is 30.3 Å². The summed E-state index contributed by atoms with van der Waals surface area (Å²) in [6.07, 6.45) is 0.927. The maximum Gasteiger partial charge on any atom is 0.0773 e. The third-order valence-corrected chi connectivity index (χ3v) is 3.25. The number of para-hydroxylation sites is 1. The van der Waals surface area contributed by atoms with Crippen molar-refractivity contribution in [2.45, 2.75) is 26.8 Å². The van der Waals surface area contributed by atoms with E-state index >= 15 is 0 Å². The third-order valence-electron chi connectivity index (χ3n) is 3.25. The van der Waals surface area contributed by atoms with E-state index in [9.17, 15) is 0 Å². The van der Waals surface area contributed by atoms with Crippen molar-refractivity contribution in [1.82, 2.24) is 15.1 Å². The molecule has 0 saturated carbocycles. The van der Waals surface area contributed by atoms with Crippen LogP contribution in [-0.2, 0) is 6.54 Å². The lowest BCUT2D eigenvalue weighted by atomic mass is 10.1. The van der Waals surface area contributed by atoms with Crippen molar-refractivity contribution in [1.29, 1.82) is 0 Å². The van der Waals surface area contributed by atoms with Crippen molar-refractivity contribution in [3.63, 3.8) is 0 Å². The molecule has 0 aliphatic rings. The van der Waals surface area contributed by atoms with Gasteiger partial charge in [-0.3, -0.25) is 0 Å². The molecule has 0 unspecified atom stereocenters. The summed E-state index contributed by atoms with van der Waals surface area (Å²) < 4.78 is 2.01. The molecule has 0 spiro atoms. The van der Waals surface area contributed by atoms with Gasteiger partial charge >= 0.3 is 0 Å². The highest BCUT2D eigenvalue weighted by molar-refractivity contribution is 5.63. The Kier molecular flexibility index (Phi) is 4.17. The Morgan fingerprint density at radius 2 is 2.11 bits per heavy atom. The van der Waals surface area contributed by atoms with E-state index < -0.39 is 0 Å². The Bertz CT molecular complexity index is 581. The zero-order valence-electron chi connectivity index (χ0n) is 11.9. The van der Waals surface area contributed by atoms with E-state index in [-0.39, 0.29) is 0 Å². The molecule has 0 radical (unpaired) electrons. The quantitative estimate of drug-likeness (QED) is 0.888. The average Bonchev–Trinajstić information content (AvgIpc) is 2.82. The summed E-state index contributed by atoms with van der Waals surface area (Å²) in [4.78, 5) is 0. The van der Waals surface area contributed by atoms with Crippen LogP contribution in [0, 0.1) is 6.92 Å². The molecule has 0 aliphatic carbocycles. The van der Waals surface area contributed by atoms with Gasteiger partial charge in [0, 0.05) is 6.54 Å². The van der Waals surface area contributed by atoms with Crippen molar-refractivity contribution in [3.05, 3.63) is 53.9 Å². The van der Waals surface area contributed by atoms with Crippen LogP contribution in [0.25, 0.3) is 11.3 Å². The zero-order chi connectivity index (χ0) is 13.8. The molecule has 0 fully saturated rings. The Balaban J connectivity index is 2.54. The summed E-state index contributed by atoms with van der Waals surface area (Å²) in [6, 6.07) is 10.4. The van der Waals surface area contributed by atoms with Gasteiger partial charge in [-0.25, -0.2) is 4.68 Å². The molecule has 2 aromatic rings. The third kappa shape index (κ3) is 2.76. The number of nitrogens with one attached hydrogen (secondary N) is 1. The van der Waals surface area contributed by atoms with Crippen LogP contribution in [0.3, 0.4) is 0 Å². The standard InChI is InChI=1S/C16H21N3/c1-5-12(2)16-10-14(11-17-4)18-19(16)15-9-7-6-8-13(15)3/h6-10,17H,2,5,11H2,1,3-4H3. The number of aryl methyl sites for hydroxylation is 1. The van der Waals surface area contributed by atoms with Gasteiger partial charge in [-0.2, -0.15) is 5.10 Å². The Morgan fingerprint density at radius 1 is 1.37 bits per heavy atom. The van der Waals surface area contributed by atoms with Crippen molar-refractivity contribution in [2.24, 2.45) is 0 Å². The van der Waals surface area contributed by atoms with Gasteiger partial charge in [0.15, 0.2) is 0 Å². The highest BCUT2D eigenvalue weighted by Crippen LogP contribution is 2.23. The molecule has 1 heterocycles. The van der Waals surface area contributed by atoms with E-state index in [0.29, 0.717) is 0 Å². The monoisotopic (exact) mass is 255 g/mol. The first-order valence-corrected chi connectivity index (χ1v) is 6.65. The van der Waals surface area contributed by atoms with Gasteiger partial charge < -0.3 is 5.32 Å². The van der Waals surface area contributed by atoms with E-state index in [1.807, 2.05) is 23.9 Å². The topological polar surface area (TPSA) is 29.9 Å². The fraction of sp³-hybridized carbons (Fsp3) is 0.312. The second-order valence-corrected chi connectivity index (χ2v) is 4.71. The summed E-state index contributed by atoms with van der Waals surface area (Å²) in [5.74, 6) is 0. The highest BCUT2D eigenvalue weighted by Gasteiger charge is 2.12. The molecule has 1 aromatic heterocycles. The van der Waals surface area contributed by atoms with E-state index in [1.165, 1.54) is 5.56 Å². The van der Waals surface area contributed by atoms with E-state index in [4.69, 9.17) is 5.10 Å². The predicted octanol–water partition coefficient (Wildman–Crippen LogP) is 3.32. The summed E-state index contributed by atoms with van der Waals surface area (Å²) in [7, 11) is 1.93. The van der Waals surface area contributed by atoms with Crippen molar-refractivity contribution in [3.8, 4) is 5.69 Å². The fourth-order valence-corrected chi connectivity index (χ4v) is 2.12. The number of allylic oxidation sites excluding steroid dienone is 1. The van der Waals surface area contributed by atoms with Gasteiger partial charge in [0.1, 0.15) is 0 Å². The highest BCUT2D eigenvalue weighted by atomic mass is 15.3. The Hall–Kier alpha value is -1.87. The summed E-state index contributed by atoms with van der Waals surface area (Å²) in [6.45, 7) is 9.14. The molecule has 1 aromatic carbocycles. The smallest absolute Gasteiger partial charge is 0.0773 e. The number of aromatic nitrogens is 2. The number of hydrogen-bond donors (Lipinski definition) is 1. The van der Waals surface area contributed by atoms with Gasteiger partial charge in [-0.1, -0.05) is 31.7 Å². The molecule has 0 bridgehead atoms. The minimum atomic E-state index is 0.767. The molecule has 0 atom stereocenters. The second kappa shape index (κ2) is 5.85. The van der Waals surface area contributed by atoms with Crippen LogP contribution in [0.4, 0.5) is 0 Å². The summed E-state index contributed by atoms with van der Waals surface area (Å²) in [5.41, 5.74) is 5.58. The summed E-state index contributed by atoms with van der Waals surface area (Å²) >= 11 is 0. The van der Waals surface area contributed by atoms with Crippen molar-refractivity contribution < 1.29 is 0 Å². The van der Waals surface area contributed by atoms with Gasteiger partial charge in [-0.15, -0.1) is 0 Å². The van der Waals surface area contributed by atoms with Crippen molar-refractivity contribution >= 4 is 5.57 Å². The van der Waals surface area contributed by atoms with Crippen LogP contribution >= 0.6 is 0 Å². The molecule has 2 rings (SSSR count). The molecule has 19 heavy (non-hydrogen) atoms. The molecule has 0 amide bonds. The van der Waals surface area contributed by atoms with Gasteiger partial charge in [-0.05, 0) is 43.7 Å². The normalized spacial score (nSPS) is 10.7. The molecular formula is C16H21N3. The van der Waals surface area contributed by atoms with Crippen LogP contribution in [-0.4, -0.2) is 16.8 Å². The minimum Gasteiger partial charge on any atom is -0.314 e. The van der Waals surface area contributed by atoms with Crippen molar-refractivity contribution in [2.75, 3.05) is 7.05 Å². The first-order chi connectivity index (χ1) is 9.17. The largest absolute Gasteiger partial charge is 0.314 e.